The number of hydrogen-bond donors (Lipinski definition) is 2. The second-order valence-corrected chi connectivity index (χ2v) is 8.22. The maximum Gasteiger partial charge on any atom is 0.215 e. The van der Waals surface area contributed by atoms with Gasteiger partial charge >= 0.3 is 0 Å². The van der Waals surface area contributed by atoms with Gasteiger partial charge in [0.1, 0.15) is 4.99 Å². The molecule has 0 aromatic heterocycles. The Kier molecular flexibility index (Phi) is 6.74. The topological polar surface area (TPSA) is 89.3 Å². The maximum atomic E-state index is 12.0. The van der Waals surface area contributed by atoms with Gasteiger partial charge in [-0.25, -0.2) is 13.1 Å². The Morgan fingerprint density at radius 2 is 2.05 bits per heavy atom. The molecule has 0 radical (unpaired) electrons. The minimum Gasteiger partial charge on any atom is -0.389 e. The molecule has 1 rings (SSSR count). The van der Waals surface area contributed by atoms with Crippen molar-refractivity contribution in [3.63, 3.8) is 0 Å². The third kappa shape index (κ3) is 5.66. The average Bonchev–Trinajstić information content (AvgIpc) is 2.38. The van der Waals surface area contributed by atoms with E-state index >= 15 is 0 Å². The van der Waals surface area contributed by atoms with Crippen LogP contribution in [-0.4, -0.2) is 35.7 Å². The van der Waals surface area contributed by atoms with E-state index in [1.54, 1.807) is 31.2 Å². The number of nitrogens with one attached hydrogen (secondary N) is 1. The van der Waals surface area contributed by atoms with Crippen molar-refractivity contribution in [3.05, 3.63) is 35.4 Å². The first-order chi connectivity index (χ1) is 9.35. The van der Waals surface area contributed by atoms with Crippen LogP contribution in [0.1, 0.15) is 18.1 Å². The molecule has 1 aromatic carbocycles. The van der Waals surface area contributed by atoms with E-state index in [-0.39, 0.29) is 17.3 Å². The van der Waals surface area contributed by atoms with Crippen LogP contribution < -0.4 is 10.5 Å². The van der Waals surface area contributed by atoms with E-state index < -0.39 is 20.8 Å². The van der Waals surface area contributed by atoms with E-state index in [0.717, 1.165) is 0 Å². The first-order valence-electron chi connectivity index (χ1n) is 6.05. The second kappa shape index (κ2) is 7.82. The summed E-state index contributed by atoms with van der Waals surface area (Å²) < 4.78 is 37.6. The Hall–Kier alpha value is -0.830. The summed E-state index contributed by atoms with van der Waals surface area (Å²) in [5.41, 5.74) is 6.69. The molecule has 1 unspecified atom stereocenters. The van der Waals surface area contributed by atoms with Gasteiger partial charge in [0, 0.05) is 34.4 Å². The van der Waals surface area contributed by atoms with Crippen LogP contribution in [0.2, 0.25) is 0 Å². The van der Waals surface area contributed by atoms with Gasteiger partial charge in [-0.15, -0.1) is 0 Å². The molecular formula is C12H18N2O3S3. The molecule has 0 spiro atoms. The van der Waals surface area contributed by atoms with Crippen molar-refractivity contribution < 1.29 is 12.6 Å². The number of nitrogens with two attached hydrogens (primary N) is 1. The lowest BCUT2D eigenvalue weighted by Gasteiger charge is -2.10. The summed E-state index contributed by atoms with van der Waals surface area (Å²) >= 11 is 4.90. The molecule has 0 fully saturated rings. The molecule has 3 N–H and O–H groups in total. The van der Waals surface area contributed by atoms with Gasteiger partial charge in [-0.1, -0.05) is 43.4 Å². The zero-order chi connectivity index (χ0) is 15.2. The summed E-state index contributed by atoms with van der Waals surface area (Å²) in [6.45, 7) is 1.96. The molecule has 112 valence electrons. The molecule has 0 saturated heterocycles. The quantitative estimate of drug-likeness (QED) is 0.676. The fourth-order valence-electron chi connectivity index (χ4n) is 1.60. The van der Waals surface area contributed by atoms with Crippen molar-refractivity contribution in [2.24, 2.45) is 5.73 Å². The second-order valence-electron chi connectivity index (χ2n) is 4.11. The molecular weight excluding hydrogens is 316 g/mol. The van der Waals surface area contributed by atoms with Crippen LogP contribution in [-0.2, 0) is 26.6 Å². The Morgan fingerprint density at radius 1 is 1.40 bits per heavy atom. The Bertz CT molecular complexity index is 600. The van der Waals surface area contributed by atoms with Crippen LogP contribution in [0.5, 0.6) is 0 Å². The molecule has 0 saturated carbocycles. The number of sulfonamides is 1. The molecule has 0 amide bonds. The largest absolute Gasteiger partial charge is 0.389 e. The third-order valence-corrected chi connectivity index (χ3v) is 5.46. The highest BCUT2D eigenvalue weighted by atomic mass is 32.2. The van der Waals surface area contributed by atoms with Crippen LogP contribution in [0.25, 0.3) is 0 Å². The van der Waals surface area contributed by atoms with Gasteiger partial charge in [0.25, 0.3) is 0 Å². The summed E-state index contributed by atoms with van der Waals surface area (Å²) in [6.07, 6.45) is 0. The number of rotatable bonds is 8. The van der Waals surface area contributed by atoms with Crippen LogP contribution in [0.4, 0.5) is 0 Å². The van der Waals surface area contributed by atoms with Gasteiger partial charge in [0.15, 0.2) is 0 Å². The zero-order valence-corrected chi connectivity index (χ0v) is 13.6. The fraction of sp³-hybridized carbons (Fsp3) is 0.417. The predicted molar refractivity (Wildman–Crippen MR) is 86.5 cm³/mol. The van der Waals surface area contributed by atoms with E-state index in [1.165, 1.54) is 0 Å². The summed E-state index contributed by atoms with van der Waals surface area (Å²) in [5, 5.41) is 0. The lowest BCUT2D eigenvalue weighted by Crippen LogP contribution is -2.30. The van der Waals surface area contributed by atoms with Crippen molar-refractivity contribution in [1.82, 2.24) is 4.72 Å². The number of hydrogen-bond acceptors (Lipinski definition) is 4. The van der Waals surface area contributed by atoms with Gasteiger partial charge in [-0.2, -0.15) is 0 Å². The number of thiocarbonyl (C=S) groups is 1. The highest BCUT2D eigenvalue weighted by Gasteiger charge is 2.15. The summed E-state index contributed by atoms with van der Waals surface area (Å²) in [4.78, 5) is 0.169. The van der Waals surface area contributed by atoms with Gasteiger partial charge in [-0.3, -0.25) is 4.21 Å². The summed E-state index contributed by atoms with van der Waals surface area (Å²) in [5.74, 6) is 0.637. The standard InChI is InChI=1S/C12H18N2O3S3/c1-2-19(15)8-7-14-20(16,17)9-10-5-3-4-6-11(10)12(13)18/h3-6,14H,2,7-9H2,1H3,(H2,13,18). The monoisotopic (exact) mass is 334 g/mol. The van der Waals surface area contributed by atoms with Crippen molar-refractivity contribution in [2.75, 3.05) is 18.1 Å². The van der Waals surface area contributed by atoms with Crippen LogP contribution in [0.15, 0.2) is 24.3 Å². The SMILES string of the molecule is CCS(=O)CCNS(=O)(=O)Cc1ccccc1C(N)=S. The Labute approximate surface area is 127 Å². The summed E-state index contributed by atoms with van der Waals surface area (Å²) in [6, 6.07) is 6.86. The maximum absolute atomic E-state index is 12.0. The minimum absolute atomic E-state index is 0.165. The van der Waals surface area contributed by atoms with Crippen LogP contribution in [0.3, 0.4) is 0 Å². The Morgan fingerprint density at radius 3 is 2.65 bits per heavy atom. The van der Waals surface area contributed by atoms with E-state index in [9.17, 15) is 12.6 Å². The lowest BCUT2D eigenvalue weighted by molar-refractivity contribution is 0.583. The first kappa shape index (κ1) is 17.2. The Balaban J connectivity index is 2.72. The third-order valence-electron chi connectivity index (χ3n) is 2.60. The first-order valence-corrected chi connectivity index (χ1v) is 9.60. The van der Waals surface area contributed by atoms with Gasteiger partial charge in [0.05, 0.1) is 5.75 Å². The number of benzene rings is 1. The average molecular weight is 334 g/mol. The van der Waals surface area contributed by atoms with E-state index in [4.69, 9.17) is 18.0 Å². The van der Waals surface area contributed by atoms with E-state index in [2.05, 4.69) is 4.72 Å². The molecule has 20 heavy (non-hydrogen) atoms. The predicted octanol–water partition coefficient (Wildman–Crippen LogP) is 0.509. The highest BCUT2D eigenvalue weighted by molar-refractivity contribution is 7.88. The van der Waals surface area contributed by atoms with E-state index in [0.29, 0.717) is 22.6 Å². The van der Waals surface area contributed by atoms with E-state index in [1.807, 2.05) is 0 Å². The smallest absolute Gasteiger partial charge is 0.215 e. The highest BCUT2D eigenvalue weighted by Crippen LogP contribution is 2.11. The van der Waals surface area contributed by atoms with Crippen LogP contribution in [0, 0.1) is 0 Å². The van der Waals surface area contributed by atoms with Crippen molar-refractivity contribution >= 4 is 38.0 Å². The summed E-state index contributed by atoms with van der Waals surface area (Å²) in [7, 11) is -4.48. The minimum atomic E-state index is -3.49. The molecule has 0 bridgehead atoms. The van der Waals surface area contributed by atoms with Gasteiger partial charge < -0.3 is 5.73 Å². The van der Waals surface area contributed by atoms with Crippen LogP contribution >= 0.6 is 12.2 Å². The molecule has 0 aliphatic carbocycles. The fourth-order valence-corrected chi connectivity index (χ4v) is 3.72. The van der Waals surface area contributed by atoms with Crippen molar-refractivity contribution in [3.8, 4) is 0 Å². The van der Waals surface area contributed by atoms with Gasteiger partial charge in [-0.05, 0) is 5.56 Å². The molecule has 8 heteroatoms. The van der Waals surface area contributed by atoms with Crippen molar-refractivity contribution in [1.29, 1.82) is 0 Å². The lowest BCUT2D eigenvalue weighted by atomic mass is 10.1. The van der Waals surface area contributed by atoms with Gasteiger partial charge in [0.2, 0.25) is 10.0 Å². The zero-order valence-electron chi connectivity index (χ0n) is 11.2. The molecule has 0 aliphatic heterocycles. The molecule has 0 aliphatic rings. The molecule has 1 atom stereocenters. The molecule has 1 aromatic rings. The molecule has 5 nitrogen and oxygen atoms in total. The van der Waals surface area contributed by atoms with Crippen molar-refractivity contribution in [2.45, 2.75) is 12.7 Å². The normalized spacial score (nSPS) is 13.1. The molecule has 0 heterocycles.